The van der Waals surface area contributed by atoms with Crippen molar-refractivity contribution in [2.75, 3.05) is 19.7 Å². The van der Waals surface area contributed by atoms with Gasteiger partial charge in [0.15, 0.2) is 17.5 Å². The zero-order valence-electron chi connectivity index (χ0n) is 16.2. The van der Waals surface area contributed by atoms with E-state index in [1.54, 1.807) is 0 Å². The van der Waals surface area contributed by atoms with Crippen LogP contribution in [0.25, 0.3) is 0 Å². The molecule has 2 N–H and O–H groups in total. The maximum atomic E-state index is 12.6. The first-order chi connectivity index (χ1) is 13.3. The van der Waals surface area contributed by atoms with Gasteiger partial charge in [0.05, 0.1) is 5.01 Å². The SMILES string of the molecule is CCNC(=NCc1nc(C(C)OCC)no1)NCCc1nc(C(F)(F)F)cs1.I. The van der Waals surface area contributed by atoms with Gasteiger partial charge in [-0.05, 0) is 20.8 Å². The van der Waals surface area contributed by atoms with Crippen LogP contribution in [0.3, 0.4) is 0 Å². The average Bonchev–Trinajstić information content (AvgIpc) is 3.29. The molecule has 29 heavy (non-hydrogen) atoms. The third kappa shape index (κ3) is 8.42. The largest absolute Gasteiger partial charge is 0.434 e. The molecule has 0 aromatic carbocycles. The first-order valence-corrected chi connectivity index (χ1v) is 9.69. The Kier molecular flexibility index (Phi) is 10.8. The van der Waals surface area contributed by atoms with Gasteiger partial charge >= 0.3 is 6.18 Å². The van der Waals surface area contributed by atoms with Gasteiger partial charge in [0.25, 0.3) is 0 Å². The summed E-state index contributed by atoms with van der Waals surface area (Å²) in [4.78, 5) is 12.2. The molecule has 0 aliphatic heterocycles. The summed E-state index contributed by atoms with van der Waals surface area (Å²) in [6.45, 7) is 7.33. The number of alkyl halides is 3. The molecule has 1 atom stereocenters. The van der Waals surface area contributed by atoms with Gasteiger partial charge in [-0.2, -0.15) is 18.2 Å². The highest BCUT2D eigenvalue weighted by Gasteiger charge is 2.33. The molecule has 0 aliphatic rings. The van der Waals surface area contributed by atoms with Gasteiger partial charge in [0.1, 0.15) is 12.6 Å². The summed E-state index contributed by atoms with van der Waals surface area (Å²) in [6, 6.07) is 0. The lowest BCUT2D eigenvalue weighted by atomic mass is 10.4. The van der Waals surface area contributed by atoms with Crippen LogP contribution in [0.2, 0.25) is 0 Å². The molecule has 0 saturated heterocycles. The number of aliphatic imine (C=N–C) groups is 1. The standard InChI is InChI=1S/C16H23F3N6O2S.HI/c1-4-20-15(21-7-6-13-23-11(9-28-13)16(17,18)19)22-8-12-24-14(25-27-12)10(3)26-5-2;/h9-10H,4-8H2,1-3H3,(H2,20,21,22);1H. The number of hydrogen-bond donors (Lipinski definition) is 2. The number of nitrogens with zero attached hydrogens (tertiary/aromatic N) is 4. The highest BCUT2D eigenvalue weighted by molar-refractivity contribution is 14.0. The summed E-state index contributed by atoms with van der Waals surface area (Å²) in [5, 5.41) is 11.4. The third-order valence-electron chi connectivity index (χ3n) is 3.45. The number of hydrogen-bond acceptors (Lipinski definition) is 7. The maximum absolute atomic E-state index is 12.6. The minimum Gasteiger partial charge on any atom is -0.371 e. The number of guanidine groups is 1. The van der Waals surface area contributed by atoms with Gasteiger partial charge in [0, 0.05) is 31.5 Å². The zero-order valence-corrected chi connectivity index (χ0v) is 19.4. The van der Waals surface area contributed by atoms with Crippen LogP contribution in [-0.2, 0) is 23.9 Å². The van der Waals surface area contributed by atoms with Crippen LogP contribution in [0.4, 0.5) is 13.2 Å². The molecular weight excluding hydrogens is 524 g/mol. The Morgan fingerprint density at radius 1 is 1.31 bits per heavy atom. The second-order valence-corrected chi connectivity index (χ2v) is 6.58. The molecule has 2 aromatic heterocycles. The van der Waals surface area contributed by atoms with Gasteiger partial charge in [-0.1, -0.05) is 5.16 Å². The van der Waals surface area contributed by atoms with E-state index in [1.807, 2.05) is 20.8 Å². The normalized spacial score (nSPS) is 13.1. The first kappa shape index (κ1) is 25.6. The number of aromatic nitrogens is 3. The van der Waals surface area contributed by atoms with Crippen molar-refractivity contribution in [1.29, 1.82) is 0 Å². The van der Waals surface area contributed by atoms with Gasteiger partial charge in [-0.25, -0.2) is 9.98 Å². The average molecular weight is 548 g/mol. The second-order valence-electron chi connectivity index (χ2n) is 5.64. The van der Waals surface area contributed by atoms with Crippen molar-refractivity contribution in [3.63, 3.8) is 0 Å². The first-order valence-electron chi connectivity index (χ1n) is 8.81. The second kappa shape index (κ2) is 12.3. The van der Waals surface area contributed by atoms with E-state index >= 15 is 0 Å². The summed E-state index contributed by atoms with van der Waals surface area (Å²) in [7, 11) is 0. The molecule has 8 nitrogen and oxygen atoms in total. The van der Waals surface area contributed by atoms with Crippen molar-refractivity contribution in [2.24, 2.45) is 4.99 Å². The Labute approximate surface area is 187 Å². The highest BCUT2D eigenvalue weighted by atomic mass is 127. The lowest BCUT2D eigenvalue weighted by Gasteiger charge is -2.09. The van der Waals surface area contributed by atoms with Crippen molar-refractivity contribution in [3.05, 3.63) is 27.8 Å². The van der Waals surface area contributed by atoms with Crippen LogP contribution < -0.4 is 10.6 Å². The van der Waals surface area contributed by atoms with Crippen molar-refractivity contribution >= 4 is 41.3 Å². The van der Waals surface area contributed by atoms with Crippen LogP contribution in [0.1, 0.15) is 49.3 Å². The number of ether oxygens (including phenoxy) is 1. The van der Waals surface area contributed by atoms with Crippen molar-refractivity contribution < 1.29 is 22.4 Å². The van der Waals surface area contributed by atoms with Crippen LogP contribution in [0.15, 0.2) is 14.9 Å². The molecule has 2 heterocycles. The smallest absolute Gasteiger partial charge is 0.371 e. The maximum Gasteiger partial charge on any atom is 0.434 e. The molecular formula is C16H24F3IN6O2S. The van der Waals surface area contributed by atoms with Gasteiger partial charge < -0.3 is 19.9 Å². The summed E-state index contributed by atoms with van der Waals surface area (Å²) < 4.78 is 48.3. The third-order valence-corrected chi connectivity index (χ3v) is 4.36. The lowest BCUT2D eigenvalue weighted by molar-refractivity contribution is -0.140. The van der Waals surface area contributed by atoms with Crippen molar-refractivity contribution in [3.8, 4) is 0 Å². The van der Waals surface area contributed by atoms with E-state index in [1.165, 1.54) is 0 Å². The predicted octanol–water partition coefficient (Wildman–Crippen LogP) is 3.56. The van der Waals surface area contributed by atoms with E-state index in [-0.39, 0.29) is 36.6 Å². The molecule has 0 fully saturated rings. The van der Waals surface area contributed by atoms with Crippen LogP contribution in [0, 0.1) is 0 Å². The lowest BCUT2D eigenvalue weighted by Crippen LogP contribution is -2.38. The molecule has 0 radical (unpaired) electrons. The Bertz CT molecular complexity index is 768. The molecule has 13 heteroatoms. The highest BCUT2D eigenvalue weighted by Crippen LogP contribution is 2.30. The minimum absolute atomic E-state index is 0. The Morgan fingerprint density at radius 2 is 2.07 bits per heavy atom. The number of halogens is 4. The van der Waals surface area contributed by atoms with E-state index in [0.29, 0.717) is 48.8 Å². The van der Waals surface area contributed by atoms with Gasteiger partial charge in [0.2, 0.25) is 5.89 Å². The van der Waals surface area contributed by atoms with Gasteiger partial charge in [-0.3, -0.25) is 0 Å². The quantitative estimate of drug-likeness (QED) is 0.281. The summed E-state index contributed by atoms with van der Waals surface area (Å²) in [5.41, 5.74) is -0.860. The molecule has 164 valence electrons. The summed E-state index contributed by atoms with van der Waals surface area (Å²) in [6.07, 6.45) is -4.33. The van der Waals surface area contributed by atoms with Crippen LogP contribution in [0.5, 0.6) is 0 Å². The van der Waals surface area contributed by atoms with E-state index < -0.39 is 11.9 Å². The van der Waals surface area contributed by atoms with E-state index in [9.17, 15) is 13.2 Å². The molecule has 0 spiro atoms. The van der Waals surface area contributed by atoms with E-state index in [2.05, 4.69) is 30.8 Å². The zero-order chi connectivity index (χ0) is 20.6. The number of nitrogens with one attached hydrogen (secondary N) is 2. The van der Waals surface area contributed by atoms with E-state index in [0.717, 1.165) is 16.7 Å². The molecule has 2 aromatic rings. The van der Waals surface area contributed by atoms with Crippen LogP contribution >= 0.6 is 35.3 Å². The Morgan fingerprint density at radius 3 is 2.69 bits per heavy atom. The fraction of sp³-hybridized carbons (Fsp3) is 0.625. The number of thiazole rings is 1. The fourth-order valence-electron chi connectivity index (χ4n) is 2.15. The Balaban J connectivity index is 0.00000420. The molecule has 0 saturated carbocycles. The van der Waals surface area contributed by atoms with Crippen LogP contribution in [-0.4, -0.2) is 40.8 Å². The molecule has 0 bridgehead atoms. The molecule has 0 aliphatic carbocycles. The minimum atomic E-state index is -4.42. The predicted molar refractivity (Wildman–Crippen MR) is 113 cm³/mol. The number of rotatable bonds is 9. The topological polar surface area (TPSA) is 97.5 Å². The molecule has 1 unspecified atom stereocenters. The van der Waals surface area contributed by atoms with Crippen molar-refractivity contribution in [2.45, 2.75) is 46.0 Å². The van der Waals surface area contributed by atoms with Crippen molar-refractivity contribution in [1.82, 2.24) is 25.8 Å². The van der Waals surface area contributed by atoms with Gasteiger partial charge in [-0.15, -0.1) is 35.3 Å². The fourth-order valence-corrected chi connectivity index (χ4v) is 2.96. The van der Waals surface area contributed by atoms with E-state index in [4.69, 9.17) is 9.26 Å². The molecule has 0 amide bonds. The summed E-state index contributed by atoms with van der Waals surface area (Å²) >= 11 is 0.985. The monoisotopic (exact) mass is 548 g/mol. The molecule has 2 rings (SSSR count). The summed E-state index contributed by atoms with van der Waals surface area (Å²) in [5.74, 6) is 1.29. The Hall–Kier alpha value is -1.48.